The average molecular weight is 382 g/mol. The van der Waals surface area contributed by atoms with Crippen LogP contribution >= 0.6 is 0 Å². The van der Waals surface area contributed by atoms with Gasteiger partial charge in [-0.2, -0.15) is 5.10 Å². The normalized spacial score (nSPS) is 17.7. The molecule has 3 heterocycles. The summed E-state index contributed by atoms with van der Waals surface area (Å²) in [4.78, 5) is 34.2. The quantitative estimate of drug-likeness (QED) is 0.682. The molecule has 28 heavy (non-hydrogen) atoms. The fraction of sp³-hybridized carbons (Fsp3) is 0.368. The summed E-state index contributed by atoms with van der Waals surface area (Å²) < 4.78 is 7.38. The number of aromatic amines is 1. The van der Waals surface area contributed by atoms with Gasteiger partial charge in [0, 0.05) is 25.8 Å². The van der Waals surface area contributed by atoms with E-state index in [0.717, 1.165) is 6.54 Å². The van der Waals surface area contributed by atoms with Crippen molar-refractivity contribution in [1.29, 1.82) is 0 Å². The second kappa shape index (κ2) is 7.91. The first-order chi connectivity index (χ1) is 13.6. The van der Waals surface area contributed by atoms with Crippen LogP contribution in [-0.2, 0) is 22.6 Å². The molecule has 2 aromatic heterocycles. The lowest BCUT2D eigenvalue weighted by Crippen LogP contribution is -2.47. The zero-order chi connectivity index (χ0) is 19.5. The van der Waals surface area contributed by atoms with E-state index in [9.17, 15) is 9.59 Å². The first kappa shape index (κ1) is 18.3. The largest absolute Gasteiger partial charge is 0.366 e. The molecule has 0 aliphatic carbocycles. The Balaban J connectivity index is 1.42. The minimum absolute atomic E-state index is 0.156. The van der Waals surface area contributed by atoms with Crippen molar-refractivity contribution in [3.8, 4) is 0 Å². The second-order valence-electron chi connectivity index (χ2n) is 6.70. The Kier molecular flexibility index (Phi) is 5.18. The topological polar surface area (TPSA) is 105 Å². The number of carbonyl (C=O) groups excluding carboxylic acids is 1. The molecular formula is C19H22N6O3. The lowest BCUT2D eigenvalue weighted by atomic mass is 10.2. The van der Waals surface area contributed by atoms with Crippen LogP contribution in [0.1, 0.15) is 12.7 Å². The summed E-state index contributed by atoms with van der Waals surface area (Å²) in [5, 5.41) is 7.55. The Labute approximate surface area is 161 Å². The number of benzene rings is 1. The Morgan fingerprint density at radius 3 is 3.07 bits per heavy atom. The van der Waals surface area contributed by atoms with Crippen LogP contribution in [0.4, 0.5) is 5.69 Å². The van der Waals surface area contributed by atoms with Gasteiger partial charge in [-0.25, -0.2) is 4.98 Å². The van der Waals surface area contributed by atoms with Gasteiger partial charge in [0.15, 0.2) is 0 Å². The predicted octanol–water partition coefficient (Wildman–Crippen LogP) is 0.979. The van der Waals surface area contributed by atoms with Gasteiger partial charge in [0.05, 0.1) is 35.9 Å². The van der Waals surface area contributed by atoms with Crippen LogP contribution in [0.2, 0.25) is 0 Å². The van der Waals surface area contributed by atoms with E-state index in [4.69, 9.17) is 4.74 Å². The standard InChI is InChI=1S/C19H22N6O3/c1-2-25-10-13(9-20-25)21-19(27)16-11-24(7-8-28-16)12-17-22-15-6-4-3-5-14(15)18(26)23-17/h3-6,9-10,16H,2,7-8,11-12H2,1H3,(H,21,27)(H,22,23,26). The van der Waals surface area contributed by atoms with Gasteiger partial charge in [0.1, 0.15) is 11.9 Å². The van der Waals surface area contributed by atoms with Gasteiger partial charge in [-0.1, -0.05) is 12.1 Å². The van der Waals surface area contributed by atoms with E-state index in [-0.39, 0.29) is 11.5 Å². The molecular weight excluding hydrogens is 360 g/mol. The van der Waals surface area contributed by atoms with Gasteiger partial charge in [0.2, 0.25) is 0 Å². The van der Waals surface area contributed by atoms with Gasteiger partial charge in [0.25, 0.3) is 11.5 Å². The predicted molar refractivity (Wildman–Crippen MR) is 104 cm³/mol. The number of hydrogen-bond donors (Lipinski definition) is 2. The van der Waals surface area contributed by atoms with Crippen molar-refractivity contribution in [1.82, 2.24) is 24.6 Å². The molecule has 1 unspecified atom stereocenters. The molecule has 1 aliphatic rings. The third-order valence-corrected chi connectivity index (χ3v) is 4.70. The molecule has 1 fully saturated rings. The van der Waals surface area contributed by atoms with Crippen molar-refractivity contribution >= 4 is 22.5 Å². The van der Waals surface area contributed by atoms with Gasteiger partial charge < -0.3 is 15.0 Å². The molecule has 1 amide bonds. The molecule has 9 nitrogen and oxygen atoms in total. The van der Waals surface area contributed by atoms with Crippen molar-refractivity contribution in [3.63, 3.8) is 0 Å². The number of aromatic nitrogens is 4. The number of para-hydroxylation sites is 1. The van der Waals surface area contributed by atoms with Crippen molar-refractivity contribution in [3.05, 3.63) is 52.8 Å². The molecule has 146 valence electrons. The summed E-state index contributed by atoms with van der Waals surface area (Å²) in [6.45, 7) is 4.68. The third kappa shape index (κ3) is 3.95. The van der Waals surface area contributed by atoms with Gasteiger partial charge in [-0.05, 0) is 19.1 Å². The SMILES string of the molecule is CCn1cc(NC(=O)C2CN(Cc3nc4ccccc4c(=O)[nH]3)CCO2)cn1. The van der Waals surface area contributed by atoms with Crippen molar-refractivity contribution in [2.45, 2.75) is 26.1 Å². The van der Waals surface area contributed by atoms with Gasteiger partial charge >= 0.3 is 0 Å². The molecule has 4 rings (SSSR count). The molecule has 0 spiro atoms. The smallest absolute Gasteiger partial charge is 0.258 e. The van der Waals surface area contributed by atoms with E-state index in [1.54, 1.807) is 23.1 Å². The molecule has 0 radical (unpaired) electrons. The first-order valence-corrected chi connectivity index (χ1v) is 9.27. The first-order valence-electron chi connectivity index (χ1n) is 9.27. The van der Waals surface area contributed by atoms with Crippen LogP contribution in [-0.4, -0.2) is 56.4 Å². The number of hydrogen-bond acceptors (Lipinski definition) is 6. The molecule has 0 bridgehead atoms. The Morgan fingerprint density at radius 1 is 1.39 bits per heavy atom. The van der Waals surface area contributed by atoms with Gasteiger partial charge in [-0.15, -0.1) is 0 Å². The zero-order valence-corrected chi connectivity index (χ0v) is 15.6. The van der Waals surface area contributed by atoms with Crippen molar-refractivity contribution < 1.29 is 9.53 Å². The van der Waals surface area contributed by atoms with E-state index >= 15 is 0 Å². The molecule has 1 aromatic carbocycles. The minimum atomic E-state index is -0.592. The van der Waals surface area contributed by atoms with E-state index in [1.165, 1.54) is 0 Å². The minimum Gasteiger partial charge on any atom is -0.366 e. The lowest BCUT2D eigenvalue weighted by molar-refractivity contribution is -0.133. The summed E-state index contributed by atoms with van der Waals surface area (Å²) in [6.07, 6.45) is 2.81. The number of nitrogens with zero attached hydrogens (tertiary/aromatic N) is 4. The number of anilines is 1. The average Bonchev–Trinajstić information content (AvgIpc) is 3.16. The van der Waals surface area contributed by atoms with Crippen molar-refractivity contribution in [2.75, 3.05) is 25.0 Å². The Hall–Kier alpha value is -3.04. The van der Waals surface area contributed by atoms with E-state index in [1.807, 2.05) is 25.1 Å². The fourth-order valence-corrected chi connectivity index (χ4v) is 3.25. The lowest BCUT2D eigenvalue weighted by Gasteiger charge is -2.31. The number of morpholine rings is 1. The van der Waals surface area contributed by atoms with Crippen molar-refractivity contribution in [2.24, 2.45) is 0 Å². The van der Waals surface area contributed by atoms with E-state index < -0.39 is 6.10 Å². The second-order valence-corrected chi connectivity index (χ2v) is 6.70. The fourth-order valence-electron chi connectivity index (χ4n) is 3.25. The summed E-state index contributed by atoms with van der Waals surface area (Å²) >= 11 is 0. The summed E-state index contributed by atoms with van der Waals surface area (Å²) in [5.74, 6) is 0.370. The molecule has 2 N–H and O–H groups in total. The van der Waals surface area contributed by atoms with E-state index in [2.05, 4.69) is 25.3 Å². The number of carbonyl (C=O) groups is 1. The van der Waals surface area contributed by atoms with Crippen LogP contribution in [0, 0.1) is 0 Å². The maximum Gasteiger partial charge on any atom is 0.258 e. The van der Waals surface area contributed by atoms with E-state index in [0.29, 0.717) is 48.7 Å². The number of amides is 1. The van der Waals surface area contributed by atoms with Crippen LogP contribution in [0.25, 0.3) is 10.9 Å². The number of fused-ring (bicyclic) bond motifs is 1. The highest BCUT2D eigenvalue weighted by Gasteiger charge is 2.27. The molecule has 1 atom stereocenters. The monoisotopic (exact) mass is 382 g/mol. The number of ether oxygens (including phenoxy) is 1. The number of nitrogens with one attached hydrogen (secondary N) is 2. The van der Waals surface area contributed by atoms with Crippen LogP contribution in [0.5, 0.6) is 0 Å². The maximum atomic E-state index is 12.5. The number of H-pyrrole nitrogens is 1. The number of rotatable bonds is 5. The summed E-state index contributed by atoms with van der Waals surface area (Å²) in [5.41, 5.74) is 1.15. The summed E-state index contributed by atoms with van der Waals surface area (Å²) in [7, 11) is 0. The molecule has 1 saturated heterocycles. The zero-order valence-electron chi connectivity index (χ0n) is 15.6. The van der Waals surface area contributed by atoms with Crippen LogP contribution in [0.3, 0.4) is 0 Å². The highest BCUT2D eigenvalue weighted by atomic mass is 16.5. The highest BCUT2D eigenvalue weighted by molar-refractivity contribution is 5.94. The molecule has 0 saturated carbocycles. The highest BCUT2D eigenvalue weighted by Crippen LogP contribution is 2.13. The van der Waals surface area contributed by atoms with Gasteiger partial charge in [-0.3, -0.25) is 19.2 Å². The maximum absolute atomic E-state index is 12.5. The Morgan fingerprint density at radius 2 is 2.25 bits per heavy atom. The Bertz CT molecular complexity index is 1040. The molecule has 3 aromatic rings. The molecule has 1 aliphatic heterocycles. The summed E-state index contributed by atoms with van der Waals surface area (Å²) in [6, 6.07) is 7.24. The molecule has 9 heteroatoms. The van der Waals surface area contributed by atoms with Crippen LogP contribution < -0.4 is 10.9 Å². The number of aryl methyl sites for hydroxylation is 1. The third-order valence-electron chi connectivity index (χ3n) is 4.70. The van der Waals surface area contributed by atoms with Crippen LogP contribution in [0.15, 0.2) is 41.5 Å².